The molecule has 2 heterocycles. The van der Waals surface area contributed by atoms with Gasteiger partial charge in [-0.2, -0.15) is 0 Å². The molecular formula is C21H20N4O2S2. The molecule has 0 spiro atoms. The van der Waals surface area contributed by atoms with E-state index in [1.54, 1.807) is 11.3 Å². The van der Waals surface area contributed by atoms with E-state index in [9.17, 15) is 4.79 Å². The van der Waals surface area contributed by atoms with E-state index in [4.69, 9.17) is 4.74 Å². The predicted molar refractivity (Wildman–Crippen MR) is 119 cm³/mol. The van der Waals surface area contributed by atoms with Crippen LogP contribution in [0.3, 0.4) is 0 Å². The average Bonchev–Trinajstić information content (AvgIpc) is 3.31. The van der Waals surface area contributed by atoms with E-state index in [0.29, 0.717) is 11.8 Å². The second-order valence-corrected chi connectivity index (χ2v) is 8.16. The zero-order valence-electron chi connectivity index (χ0n) is 16.1. The van der Waals surface area contributed by atoms with Crippen LogP contribution in [0.15, 0.2) is 59.1 Å². The van der Waals surface area contributed by atoms with Crippen molar-refractivity contribution in [3.8, 4) is 17.1 Å². The number of fused-ring (bicyclic) bond motifs is 1. The Balaban J connectivity index is 1.41. The van der Waals surface area contributed by atoms with Gasteiger partial charge in [-0.3, -0.25) is 4.79 Å². The van der Waals surface area contributed by atoms with Gasteiger partial charge in [0.25, 0.3) is 0 Å². The molecule has 0 bridgehead atoms. The van der Waals surface area contributed by atoms with Crippen molar-refractivity contribution in [2.45, 2.75) is 12.1 Å². The summed E-state index contributed by atoms with van der Waals surface area (Å²) in [6.45, 7) is 2.55. The number of thioether (sulfide) groups is 1. The Morgan fingerprint density at radius 1 is 1.17 bits per heavy atom. The van der Waals surface area contributed by atoms with Gasteiger partial charge in [0, 0.05) is 33.8 Å². The second-order valence-electron chi connectivity index (χ2n) is 6.30. The lowest BCUT2D eigenvalue weighted by Crippen LogP contribution is -2.14. The highest BCUT2D eigenvalue weighted by Gasteiger charge is 2.16. The van der Waals surface area contributed by atoms with Gasteiger partial charge in [0.05, 0.1) is 12.4 Å². The second kappa shape index (κ2) is 8.67. The summed E-state index contributed by atoms with van der Waals surface area (Å²) in [5.41, 5.74) is 1.80. The fourth-order valence-electron chi connectivity index (χ4n) is 2.95. The van der Waals surface area contributed by atoms with E-state index in [1.165, 1.54) is 16.5 Å². The minimum absolute atomic E-state index is 0.0929. The topological polar surface area (TPSA) is 69.0 Å². The Hall–Kier alpha value is -2.84. The predicted octanol–water partition coefficient (Wildman–Crippen LogP) is 4.83. The highest BCUT2D eigenvalue weighted by Crippen LogP contribution is 2.33. The molecule has 0 fully saturated rings. The Morgan fingerprint density at radius 3 is 2.76 bits per heavy atom. The molecule has 0 radical (unpaired) electrons. The number of anilines is 1. The molecule has 29 heavy (non-hydrogen) atoms. The van der Waals surface area contributed by atoms with Crippen LogP contribution in [0.4, 0.5) is 5.69 Å². The Kier molecular flexibility index (Phi) is 5.82. The van der Waals surface area contributed by atoms with Gasteiger partial charge in [-0.05, 0) is 37.3 Å². The molecule has 1 N–H and O–H groups in total. The molecule has 0 atom stereocenters. The number of carbonyl (C=O) groups is 1. The van der Waals surface area contributed by atoms with Gasteiger partial charge in [0.2, 0.25) is 5.91 Å². The zero-order valence-corrected chi connectivity index (χ0v) is 17.7. The first-order valence-electron chi connectivity index (χ1n) is 9.17. The standard InChI is InChI=1S/C21H20N4O2S2/c1-3-27-15-10-8-14(9-11-15)22-19(26)13-29-21-24-23-20(25(21)2)17-12-28-18-7-5-4-6-16(17)18/h4-12H,3,13H2,1-2H3,(H,22,26). The summed E-state index contributed by atoms with van der Waals surface area (Å²) in [5, 5.41) is 15.5. The third-order valence-corrected chi connectivity index (χ3v) is 6.32. The molecule has 0 aliphatic heterocycles. The minimum Gasteiger partial charge on any atom is -0.494 e. The highest BCUT2D eigenvalue weighted by molar-refractivity contribution is 7.99. The van der Waals surface area contributed by atoms with E-state index in [1.807, 2.05) is 54.9 Å². The van der Waals surface area contributed by atoms with Gasteiger partial charge in [0.1, 0.15) is 5.75 Å². The van der Waals surface area contributed by atoms with E-state index in [0.717, 1.165) is 28.2 Å². The van der Waals surface area contributed by atoms with Crippen molar-refractivity contribution in [3.63, 3.8) is 0 Å². The van der Waals surface area contributed by atoms with Crippen LogP contribution in [0.25, 0.3) is 21.5 Å². The van der Waals surface area contributed by atoms with E-state index >= 15 is 0 Å². The van der Waals surface area contributed by atoms with Crippen LogP contribution < -0.4 is 10.1 Å². The summed E-state index contributed by atoms with van der Waals surface area (Å²) in [6, 6.07) is 15.6. The largest absolute Gasteiger partial charge is 0.494 e. The van der Waals surface area contributed by atoms with E-state index in [-0.39, 0.29) is 11.7 Å². The fraction of sp³-hybridized carbons (Fsp3) is 0.190. The Labute approximate surface area is 176 Å². The number of hydrogen-bond donors (Lipinski definition) is 1. The molecule has 0 unspecified atom stereocenters. The van der Waals surface area contributed by atoms with Crippen LogP contribution in [-0.2, 0) is 11.8 Å². The number of carbonyl (C=O) groups excluding carboxylic acids is 1. The first kappa shape index (κ1) is 19.5. The van der Waals surface area contributed by atoms with Crippen molar-refractivity contribution >= 4 is 44.8 Å². The van der Waals surface area contributed by atoms with E-state index in [2.05, 4.69) is 33.0 Å². The van der Waals surface area contributed by atoms with Crippen LogP contribution in [0.2, 0.25) is 0 Å². The van der Waals surface area contributed by atoms with Crippen LogP contribution >= 0.6 is 23.1 Å². The van der Waals surface area contributed by atoms with Gasteiger partial charge >= 0.3 is 0 Å². The van der Waals surface area contributed by atoms with Crippen molar-refractivity contribution in [3.05, 3.63) is 53.9 Å². The van der Waals surface area contributed by atoms with Crippen molar-refractivity contribution in [1.82, 2.24) is 14.8 Å². The summed E-state index contributed by atoms with van der Waals surface area (Å²) in [7, 11) is 1.93. The maximum atomic E-state index is 12.3. The molecule has 2 aromatic heterocycles. The number of hydrogen-bond acceptors (Lipinski definition) is 6. The molecule has 1 amide bonds. The van der Waals surface area contributed by atoms with Crippen molar-refractivity contribution in [2.75, 3.05) is 17.7 Å². The fourth-order valence-corrected chi connectivity index (χ4v) is 4.60. The maximum Gasteiger partial charge on any atom is 0.234 e. The Bertz CT molecular complexity index is 1140. The molecule has 6 nitrogen and oxygen atoms in total. The number of thiophene rings is 1. The summed E-state index contributed by atoms with van der Waals surface area (Å²) in [4.78, 5) is 12.3. The zero-order chi connectivity index (χ0) is 20.2. The van der Waals surface area contributed by atoms with Gasteiger partial charge in [-0.1, -0.05) is 30.0 Å². The first-order chi connectivity index (χ1) is 14.2. The lowest BCUT2D eigenvalue weighted by Gasteiger charge is -2.07. The van der Waals surface area contributed by atoms with Gasteiger partial charge in [0.15, 0.2) is 11.0 Å². The lowest BCUT2D eigenvalue weighted by molar-refractivity contribution is -0.113. The average molecular weight is 425 g/mol. The molecule has 0 saturated carbocycles. The molecule has 148 valence electrons. The number of nitrogens with one attached hydrogen (secondary N) is 1. The van der Waals surface area contributed by atoms with Gasteiger partial charge in [-0.15, -0.1) is 21.5 Å². The number of rotatable bonds is 7. The molecule has 4 rings (SSSR count). The normalized spacial score (nSPS) is 11.0. The molecule has 0 saturated heterocycles. The molecule has 0 aliphatic rings. The van der Waals surface area contributed by atoms with Crippen molar-refractivity contribution in [2.24, 2.45) is 7.05 Å². The number of ether oxygens (including phenoxy) is 1. The SMILES string of the molecule is CCOc1ccc(NC(=O)CSc2nnc(-c3csc4ccccc34)n2C)cc1. The summed E-state index contributed by atoms with van der Waals surface area (Å²) < 4.78 is 8.56. The van der Waals surface area contributed by atoms with Crippen molar-refractivity contribution < 1.29 is 9.53 Å². The third-order valence-electron chi connectivity index (χ3n) is 4.34. The highest BCUT2D eigenvalue weighted by atomic mass is 32.2. The molecule has 4 aromatic rings. The van der Waals surface area contributed by atoms with Crippen LogP contribution in [0, 0.1) is 0 Å². The first-order valence-corrected chi connectivity index (χ1v) is 11.0. The van der Waals surface area contributed by atoms with Crippen LogP contribution in [-0.4, -0.2) is 33.0 Å². The Morgan fingerprint density at radius 2 is 1.97 bits per heavy atom. The maximum absolute atomic E-state index is 12.3. The van der Waals surface area contributed by atoms with Crippen molar-refractivity contribution in [1.29, 1.82) is 0 Å². The number of amides is 1. The van der Waals surface area contributed by atoms with Crippen LogP contribution in [0.1, 0.15) is 6.92 Å². The monoisotopic (exact) mass is 424 g/mol. The number of nitrogens with zero attached hydrogens (tertiary/aromatic N) is 3. The lowest BCUT2D eigenvalue weighted by atomic mass is 10.2. The third kappa shape index (κ3) is 4.28. The minimum atomic E-state index is -0.0929. The van der Waals surface area contributed by atoms with E-state index < -0.39 is 0 Å². The molecular weight excluding hydrogens is 404 g/mol. The molecule has 8 heteroatoms. The summed E-state index contributed by atoms with van der Waals surface area (Å²) in [6.07, 6.45) is 0. The van der Waals surface area contributed by atoms with Gasteiger partial charge in [-0.25, -0.2) is 0 Å². The summed E-state index contributed by atoms with van der Waals surface area (Å²) >= 11 is 3.05. The number of aromatic nitrogens is 3. The van der Waals surface area contributed by atoms with Gasteiger partial charge < -0.3 is 14.6 Å². The van der Waals surface area contributed by atoms with Crippen LogP contribution in [0.5, 0.6) is 5.75 Å². The summed E-state index contributed by atoms with van der Waals surface area (Å²) in [5.74, 6) is 1.75. The quantitative estimate of drug-likeness (QED) is 0.431. The smallest absolute Gasteiger partial charge is 0.234 e. The molecule has 0 aliphatic carbocycles. The number of benzene rings is 2. The molecule has 2 aromatic carbocycles.